The Morgan fingerprint density at radius 3 is 2.61 bits per heavy atom. The highest BCUT2D eigenvalue weighted by atomic mass is 16.7. The molecular formula is C24H27N3O6. The van der Waals surface area contributed by atoms with Gasteiger partial charge in [0.2, 0.25) is 12.7 Å². The van der Waals surface area contributed by atoms with E-state index < -0.39 is 4.92 Å². The molecule has 2 aromatic rings. The number of hydrogen-bond donors (Lipinski definition) is 0. The van der Waals surface area contributed by atoms with Crippen LogP contribution in [0.3, 0.4) is 0 Å². The number of non-ortho nitro benzene ring substituents is 1. The lowest BCUT2D eigenvalue weighted by Crippen LogP contribution is -2.38. The average molecular weight is 453 g/mol. The van der Waals surface area contributed by atoms with Gasteiger partial charge in [-0.2, -0.15) is 0 Å². The van der Waals surface area contributed by atoms with Crippen molar-refractivity contribution in [3.05, 3.63) is 69.8 Å². The number of nitro groups is 1. The highest BCUT2D eigenvalue weighted by Gasteiger charge is 2.17. The van der Waals surface area contributed by atoms with E-state index in [4.69, 9.17) is 14.2 Å². The van der Waals surface area contributed by atoms with Gasteiger partial charge in [0.05, 0.1) is 18.1 Å². The molecule has 33 heavy (non-hydrogen) atoms. The maximum atomic E-state index is 13.1. The number of carbonyl (C=O) groups excluding carboxylic acids is 1. The van der Waals surface area contributed by atoms with Crippen LogP contribution < -0.4 is 9.47 Å². The molecule has 0 bridgehead atoms. The van der Waals surface area contributed by atoms with Crippen LogP contribution in [0.5, 0.6) is 11.5 Å². The van der Waals surface area contributed by atoms with E-state index in [0.29, 0.717) is 24.6 Å². The molecule has 0 aromatic heterocycles. The minimum atomic E-state index is -0.444. The standard InChI is InChI=1S/C24H27N3O6/c28-24(9-5-19-2-6-21(7-3-19)27(29)30)26(11-1-10-25-12-14-31-15-13-25)17-20-4-8-22-23(16-20)33-18-32-22/h2-9,16H,1,10-15,17-18H2/b9-5+. The number of rotatable bonds is 9. The number of hydrogen-bond acceptors (Lipinski definition) is 7. The fourth-order valence-electron chi connectivity index (χ4n) is 3.82. The molecule has 2 aliphatic rings. The van der Waals surface area contributed by atoms with Crippen molar-refractivity contribution in [1.29, 1.82) is 0 Å². The highest BCUT2D eigenvalue weighted by molar-refractivity contribution is 5.91. The Kier molecular flexibility index (Phi) is 7.54. The number of amides is 1. The number of benzene rings is 2. The van der Waals surface area contributed by atoms with Gasteiger partial charge < -0.3 is 19.1 Å². The minimum absolute atomic E-state index is 0.0195. The molecular weight excluding hydrogens is 426 g/mol. The Morgan fingerprint density at radius 1 is 1.09 bits per heavy atom. The Labute approximate surface area is 192 Å². The van der Waals surface area contributed by atoms with Crippen LogP contribution in [0.1, 0.15) is 17.5 Å². The van der Waals surface area contributed by atoms with Gasteiger partial charge in [0, 0.05) is 50.9 Å². The number of ether oxygens (including phenoxy) is 3. The molecule has 0 spiro atoms. The predicted molar refractivity (Wildman–Crippen MR) is 122 cm³/mol. The highest BCUT2D eigenvalue weighted by Crippen LogP contribution is 2.32. The Balaban J connectivity index is 1.42. The lowest BCUT2D eigenvalue weighted by atomic mass is 10.1. The molecule has 4 rings (SSSR count). The molecule has 174 valence electrons. The molecule has 0 N–H and O–H groups in total. The van der Waals surface area contributed by atoms with Gasteiger partial charge in [-0.15, -0.1) is 0 Å². The summed E-state index contributed by atoms with van der Waals surface area (Å²) in [6, 6.07) is 11.8. The molecule has 1 fully saturated rings. The third-order valence-electron chi connectivity index (χ3n) is 5.65. The predicted octanol–water partition coefficient (Wildman–Crippen LogP) is 3.09. The van der Waals surface area contributed by atoms with Crippen molar-refractivity contribution in [3.8, 4) is 11.5 Å². The molecule has 0 radical (unpaired) electrons. The van der Waals surface area contributed by atoms with E-state index in [1.807, 2.05) is 18.2 Å². The quantitative estimate of drug-likeness (QED) is 0.327. The van der Waals surface area contributed by atoms with Crippen LogP contribution in [-0.4, -0.2) is 66.8 Å². The van der Waals surface area contributed by atoms with E-state index in [1.165, 1.54) is 18.2 Å². The summed E-state index contributed by atoms with van der Waals surface area (Å²) < 4.78 is 16.2. The SMILES string of the molecule is O=C(/C=C/c1ccc([N+](=O)[O-])cc1)N(CCCN1CCOCC1)Cc1ccc2c(c1)OCO2. The molecule has 2 heterocycles. The van der Waals surface area contributed by atoms with Crippen molar-refractivity contribution in [2.24, 2.45) is 0 Å². The summed E-state index contributed by atoms with van der Waals surface area (Å²) in [5, 5.41) is 10.8. The first-order chi connectivity index (χ1) is 16.1. The van der Waals surface area contributed by atoms with E-state index >= 15 is 0 Å². The molecule has 9 heteroatoms. The summed E-state index contributed by atoms with van der Waals surface area (Å²) in [4.78, 5) is 27.6. The van der Waals surface area contributed by atoms with Gasteiger partial charge in [-0.1, -0.05) is 6.07 Å². The van der Waals surface area contributed by atoms with Crippen LogP contribution in [0.15, 0.2) is 48.5 Å². The Bertz CT molecular complexity index is 1000. The third kappa shape index (κ3) is 6.30. The van der Waals surface area contributed by atoms with Gasteiger partial charge in [0.1, 0.15) is 0 Å². The Hall–Kier alpha value is -3.43. The molecule has 0 aliphatic carbocycles. The van der Waals surface area contributed by atoms with Gasteiger partial charge in [-0.3, -0.25) is 19.8 Å². The van der Waals surface area contributed by atoms with Gasteiger partial charge >= 0.3 is 0 Å². The fourth-order valence-corrected chi connectivity index (χ4v) is 3.82. The maximum absolute atomic E-state index is 13.1. The maximum Gasteiger partial charge on any atom is 0.269 e. The van der Waals surface area contributed by atoms with E-state index in [2.05, 4.69) is 4.90 Å². The number of nitrogens with zero attached hydrogens (tertiary/aromatic N) is 3. The Morgan fingerprint density at radius 2 is 1.85 bits per heavy atom. The summed E-state index contributed by atoms with van der Waals surface area (Å²) in [7, 11) is 0. The molecule has 9 nitrogen and oxygen atoms in total. The number of morpholine rings is 1. The zero-order chi connectivity index (χ0) is 23.0. The summed E-state index contributed by atoms with van der Waals surface area (Å²) in [6.07, 6.45) is 4.05. The van der Waals surface area contributed by atoms with Crippen molar-refractivity contribution in [1.82, 2.24) is 9.80 Å². The fraction of sp³-hybridized carbons (Fsp3) is 0.375. The van der Waals surface area contributed by atoms with Crippen LogP contribution in [-0.2, 0) is 16.1 Å². The number of carbonyl (C=O) groups is 1. The average Bonchev–Trinajstić information content (AvgIpc) is 3.31. The lowest BCUT2D eigenvalue weighted by Gasteiger charge is -2.28. The molecule has 1 amide bonds. The molecule has 0 unspecified atom stereocenters. The van der Waals surface area contributed by atoms with Gasteiger partial charge in [0.25, 0.3) is 5.69 Å². The summed E-state index contributed by atoms with van der Waals surface area (Å²) in [5.41, 5.74) is 1.71. The minimum Gasteiger partial charge on any atom is -0.454 e. The molecule has 0 atom stereocenters. The molecule has 2 aromatic carbocycles. The van der Waals surface area contributed by atoms with Crippen molar-refractivity contribution in [3.63, 3.8) is 0 Å². The van der Waals surface area contributed by atoms with Crippen molar-refractivity contribution in [2.75, 3.05) is 46.2 Å². The van der Waals surface area contributed by atoms with Crippen LogP contribution in [0.2, 0.25) is 0 Å². The van der Waals surface area contributed by atoms with Crippen LogP contribution in [0, 0.1) is 10.1 Å². The smallest absolute Gasteiger partial charge is 0.269 e. The van der Waals surface area contributed by atoms with Crippen LogP contribution >= 0.6 is 0 Å². The van der Waals surface area contributed by atoms with E-state index in [9.17, 15) is 14.9 Å². The second-order valence-corrected chi connectivity index (χ2v) is 7.94. The monoisotopic (exact) mass is 453 g/mol. The first-order valence-corrected chi connectivity index (χ1v) is 11.0. The normalized spacial score (nSPS) is 15.6. The van der Waals surface area contributed by atoms with Crippen molar-refractivity contribution >= 4 is 17.7 Å². The van der Waals surface area contributed by atoms with Gasteiger partial charge in [0.15, 0.2) is 11.5 Å². The third-order valence-corrected chi connectivity index (χ3v) is 5.65. The largest absolute Gasteiger partial charge is 0.454 e. The second kappa shape index (κ2) is 10.9. The van der Waals surface area contributed by atoms with Gasteiger partial charge in [-0.25, -0.2) is 0 Å². The summed E-state index contributed by atoms with van der Waals surface area (Å²) in [6.45, 7) is 5.49. The zero-order valence-electron chi connectivity index (χ0n) is 18.4. The second-order valence-electron chi connectivity index (χ2n) is 7.94. The first kappa shape index (κ1) is 22.8. The van der Waals surface area contributed by atoms with E-state index in [0.717, 1.165) is 50.4 Å². The molecule has 0 saturated carbocycles. The molecule has 2 aliphatic heterocycles. The topological polar surface area (TPSA) is 94.4 Å². The zero-order valence-corrected chi connectivity index (χ0v) is 18.4. The molecule has 1 saturated heterocycles. The van der Waals surface area contributed by atoms with Crippen LogP contribution in [0.4, 0.5) is 5.69 Å². The van der Waals surface area contributed by atoms with Crippen LogP contribution in [0.25, 0.3) is 6.08 Å². The van der Waals surface area contributed by atoms with Crippen molar-refractivity contribution < 1.29 is 23.9 Å². The lowest BCUT2D eigenvalue weighted by molar-refractivity contribution is -0.384. The first-order valence-electron chi connectivity index (χ1n) is 11.0. The van der Waals surface area contributed by atoms with E-state index in [-0.39, 0.29) is 18.4 Å². The summed E-state index contributed by atoms with van der Waals surface area (Å²) in [5.74, 6) is 1.28. The number of fused-ring (bicyclic) bond motifs is 1. The van der Waals surface area contributed by atoms with E-state index in [1.54, 1.807) is 23.1 Å². The summed E-state index contributed by atoms with van der Waals surface area (Å²) >= 11 is 0. The number of nitro benzene ring substituents is 1. The van der Waals surface area contributed by atoms with Crippen molar-refractivity contribution in [2.45, 2.75) is 13.0 Å². The van der Waals surface area contributed by atoms with Gasteiger partial charge in [-0.05, 0) is 47.9 Å².